The van der Waals surface area contributed by atoms with Crippen molar-refractivity contribution in [3.8, 4) is 0 Å². The first-order valence-electron chi connectivity index (χ1n) is 5.75. The lowest BCUT2D eigenvalue weighted by Gasteiger charge is -2.40. The molecular formula is C14H20O. The van der Waals surface area contributed by atoms with Gasteiger partial charge in [-0.25, -0.2) is 0 Å². The fourth-order valence-electron chi connectivity index (χ4n) is 2.59. The standard InChI is InChI=1S/C14H20O/c1-5-15-13-11-8-6-10(7-9-11)12(13)14(2,3)4/h6-9,12-13H,5H2,1-4H3. The zero-order valence-corrected chi connectivity index (χ0v) is 10.1. The summed E-state index contributed by atoms with van der Waals surface area (Å²) in [5.74, 6) is 0.502. The summed E-state index contributed by atoms with van der Waals surface area (Å²) >= 11 is 0. The van der Waals surface area contributed by atoms with E-state index in [9.17, 15) is 0 Å². The number of ether oxygens (including phenoxy) is 1. The van der Waals surface area contributed by atoms with Crippen molar-refractivity contribution in [1.82, 2.24) is 0 Å². The van der Waals surface area contributed by atoms with E-state index in [-0.39, 0.29) is 11.5 Å². The van der Waals surface area contributed by atoms with Crippen molar-refractivity contribution in [2.24, 2.45) is 5.41 Å². The van der Waals surface area contributed by atoms with E-state index in [1.54, 1.807) is 0 Å². The van der Waals surface area contributed by atoms with Crippen LogP contribution >= 0.6 is 0 Å². The molecule has 0 saturated heterocycles. The Labute approximate surface area is 92.5 Å². The van der Waals surface area contributed by atoms with E-state index in [4.69, 9.17) is 4.74 Å². The second kappa shape index (κ2) is 3.64. The van der Waals surface area contributed by atoms with Gasteiger partial charge in [0.2, 0.25) is 0 Å². The van der Waals surface area contributed by atoms with Crippen molar-refractivity contribution in [2.45, 2.75) is 39.7 Å². The Kier molecular flexibility index (Phi) is 2.59. The molecule has 0 N–H and O–H groups in total. The van der Waals surface area contributed by atoms with Crippen molar-refractivity contribution >= 4 is 0 Å². The molecule has 0 amide bonds. The average molecular weight is 204 g/mol. The number of hydrogen-bond acceptors (Lipinski definition) is 1. The number of benzene rings is 1. The molecule has 3 rings (SSSR count). The summed E-state index contributed by atoms with van der Waals surface area (Å²) in [6, 6.07) is 8.86. The van der Waals surface area contributed by atoms with Gasteiger partial charge in [0.05, 0.1) is 6.10 Å². The minimum atomic E-state index is 0.260. The minimum Gasteiger partial charge on any atom is -0.373 e. The summed E-state index contributed by atoms with van der Waals surface area (Å²) in [5, 5.41) is 0. The van der Waals surface area contributed by atoms with Gasteiger partial charge in [-0.1, -0.05) is 45.0 Å². The first kappa shape index (κ1) is 10.7. The van der Waals surface area contributed by atoms with Gasteiger partial charge in [0.25, 0.3) is 0 Å². The Morgan fingerprint density at radius 1 is 1.07 bits per heavy atom. The molecule has 0 spiro atoms. The molecule has 2 aliphatic rings. The molecular weight excluding hydrogens is 184 g/mol. The molecule has 2 aliphatic carbocycles. The Hall–Kier alpha value is -0.820. The zero-order valence-electron chi connectivity index (χ0n) is 10.1. The van der Waals surface area contributed by atoms with Gasteiger partial charge in [0, 0.05) is 12.5 Å². The lowest BCUT2D eigenvalue weighted by Crippen LogP contribution is -2.29. The largest absolute Gasteiger partial charge is 0.373 e. The number of fused-ring (bicyclic) bond motifs is 3. The molecule has 2 atom stereocenters. The van der Waals surface area contributed by atoms with Crippen LogP contribution in [0.5, 0.6) is 0 Å². The fourth-order valence-corrected chi connectivity index (χ4v) is 2.59. The van der Waals surface area contributed by atoms with Crippen LogP contribution in [0.25, 0.3) is 0 Å². The summed E-state index contributed by atoms with van der Waals surface area (Å²) in [6.45, 7) is 9.73. The van der Waals surface area contributed by atoms with Crippen LogP contribution in [-0.4, -0.2) is 6.61 Å². The number of rotatable bonds is 2. The van der Waals surface area contributed by atoms with Gasteiger partial charge in [0.1, 0.15) is 0 Å². The van der Waals surface area contributed by atoms with Gasteiger partial charge in [-0.2, -0.15) is 0 Å². The maximum Gasteiger partial charge on any atom is 0.0898 e. The lowest BCUT2D eigenvalue weighted by atomic mass is 9.68. The van der Waals surface area contributed by atoms with Gasteiger partial charge in [0.15, 0.2) is 0 Å². The topological polar surface area (TPSA) is 9.23 Å². The van der Waals surface area contributed by atoms with Gasteiger partial charge >= 0.3 is 0 Å². The quantitative estimate of drug-likeness (QED) is 0.709. The Balaban J connectivity index is 2.38. The van der Waals surface area contributed by atoms with Crippen molar-refractivity contribution in [3.05, 3.63) is 35.4 Å². The summed E-state index contributed by atoms with van der Waals surface area (Å²) in [4.78, 5) is 0. The molecule has 0 aliphatic heterocycles. The Bertz CT molecular complexity index is 331. The van der Waals surface area contributed by atoms with Gasteiger partial charge in [-0.05, 0) is 23.5 Å². The fraction of sp³-hybridized carbons (Fsp3) is 0.571. The number of hydrogen-bond donors (Lipinski definition) is 0. The van der Waals surface area contributed by atoms with Crippen LogP contribution in [-0.2, 0) is 4.74 Å². The van der Waals surface area contributed by atoms with Crippen LogP contribution in [0.15, 0.2) is 24.3 Å². The van der Waals surface area contributed by atoms with Gasteiger partial charge in [-0.3, -0.25) is 0 Å². The van der Waals surface area contributed by atoms with Crippen molar-refractivity contribution in [3.63, 3.8) is 0 Å². The van der Waals surface area contributed by atoms with Crippen LogP contribution in [0, 0.1) is 5.41 Å². The van der Waals surface area contributed by atoms with E-state index in [2.05, 4.69) is 52.0 Å². The minimum absolute atomic E-state index is 0.260. The molecule has 1 heteroatoms. The highest BCUT2D eigenvalue weighted by molar-refractivity contribution is 5.36. The molecule has 0 fully saturated rings. The molecule has 1 aromatic carbocycles. The third-order valence-corrected chi connectivity index (χ3v) is 3.21. The summed E-state index contributed by atoms with van der Waals surface area (Å²) < 4.78 is 5.90. The second-order valence-corrected chi connectivity index (χ2v) is 5.39. The van der Waals surface area contributed by atoms with Crippen molar-refractivity contribution in [1.29, 1.82) is 0 Å². The molecule has 2 unspecified atom stereocenters. The van der Waals surface area contributed by atoms with E-state index in [1.807, 2.05) is 0 Å². The van der Waals surface area contributed by atoms with Gasteiger partial charge in [-0.15, -0.1) is 0 Å². The van der Waals surface area contributed by atoms with Crippen LogP contribution in [0.2, 0.25) is 0 Å². The third kappa shape index (κ3) is 1.81. The van der Waals surface area contributed by atoms with Crippen LogP contribution in [0.1, 0.15) is 50.8 Å². The van der Waals surface area contributed by atoms with E-state index in [0.717, 1.165) is 6.61 Å². The average Bonchev–Trinajstić information content (AvgIpc) is 2.18. The Morgan fingerprint density at radius 3 is 2.07 bits per heavy atom. The van der Waals surface area contributed by atoms with Crippen molar-refractivity contribution < 1.29 is 4.74 Å². The van der Waals surface area contributed by atoms with E-state index in [1.165, 1.54) is 11.1 Å². The van der Waals surface area contributed by atoms with Crippen molar-refractivity contribution in [2.75, 3.05) is 6.61 Å². The molecule has 15 heavy (non-hydrogen) atoms. The predicted molar refractivity (Wildman–Crippen MR) is 63.0 cm³/mol. The molecule has 0 saturated carbocycles. The first-order chi connectivity index (χ1) is 7.04. The molecule has 82 valence electrons. The predicted octanol–water partition coefficient (Wildman–Crippen LogP) is 3.91. The molecule has 2 bridgehead atoms. The van der Waals surface area contributed by atoms with E-state index < -0.39 is 0 Å². The molecule has 0 heterocycles. The highest BCUT2D eigenvalue weighted by atomic mass is 16.5. The molecule has 1 nitrogen and oxygen atoms in total. The highest BCUT2D eigenvalue weighted by Crippen LogP contribution is 2.49. The maximum atomic E-state index is 5.90. The molecule has 0 aromatic heterocycles. The van der Waals surface area contributed by atoms with E-state index in [0.29, 0.717) is 5.92 Å². The zero-order chi connectivity index (χ0) is 11.1. The summed E-state index contributed by atoms with van der Waals surface area (Å²) in [7, 11) is 0. The molecule has 0 radical (unpaired) electrons. The van der Waals surface area contributed by atoms with Gasteiger partial charge < -0.3 is 4.74 Å². The van der Waals surface area contributed by atoms with E-state index >= 15 is 0 Å². The van der Waals surface area contributed by atoms with Crippen LogP contribution in [0.4, 0.5) is 0 Å². The lowest BCUT2D eigenvalue weighted by molar-refractivity contribution is 0.00848. The second-order valence-electron chi connectivity index (χ2n) is 5.39. The SMILES string of the molecule is CCOC1c2ccc(cc2)C1C(C)(C)C. The van der Waals surface area contributed by atoms with Crippen LogP contribution in [0.3, 0.4) is 0 Å². The summed E-state index contributed by atoms with van der Waals surface area (Å²) in [6.07, 6.45) is 0.264. The first-order valence-corrected chi connectivity index (χ1v) is 5.75. The highest BCUT2D eigenvalue weighted by Gasteiger charge is 2.37. The maximum absolute atomic E-state index is 5.90. The molecule has 1 aromatic rings. The van der Waals surface area contributed by atoms with Crippen LogP contribution < -0.4 is 0 Å². The Morgan fingerprint density at radius 2 is 1.60 bits per heavy atom. The summed E-state index contributed by atoms with van der Waals surface area (Å²) in [5.41, 5.74) is 3.00. The monoisotopic (exact) mass is 204 g/mol. The normalized spacial score (nSPS) is 24.5. The smallest absolute Gasteiger partial charge is 0.0898 e. The third-order valence-electron chi connectivity index (χ3n) is 3.21.